The van der Waals surface area contributed by atoms with Gasteiger partial charge in [-0.1, -0.05) is 31.2 Å². The fraction of sp³-hybridized carbons (Fsp3) is 0.235. The lowest BCUT2D eigenvalue weighted by molar-refractivity contribution is -0.117. The first-order chi connectivity index (χ1) is 9.60. The monoisotopic (exact) mass is 269 g/mol. The summed E-state index contributed by atoms with van der Waals surface area (Å²) in [4.78, 5) is 13.3. The van der Waals surface area contributed by atoms with Gasteiger partial charge >= 0.3 is 0 Å². The van der Waals surface area contributed by atoms with Gasteiger partial charge in [0.15, 0.2) is 0 Å². The largest absolute Gasteiger partial charge is 0.315 e. The molecule has 2 nitrogen and oxygen atoms in total. The van der Waals surface area contributed by atoms with E-state index in [0.29, 0.717) is 12.8 Å². The number of amides is 1. The first-order valence-electron chi connectivity index (χ1n) is 6.78. The Labute approximate surface area is 117 Å². The normalized spacial score (nSPS) is 13.8. The summed E-state index contributed by atoms with van der Waals surface area (Å²) in [7, 11) is 1.78. The van der Waals surface area contributed by atoms with Crippen molar-refractivity contribution in [2.45, 2.75) is 19.8 Å². The summed E-state index contributed by atoms with van der Waals surface area (Å²) in [5, 5.41) is 0. The number of rotatable bonds is 2. The van der Waals surface area contributed by atoms with Crippen molar-refractivity contribution in [3.8, 4) is 11.1 Å². The van der Waals surface area contributed by atoms with Crippen LogP contribution in [0, 0.1) is 5.82 Å². The van der Waals surface area contributed by atoms with Crippen molar-refractivity contribution in [2.24, 2.45) is 0 Å². The minimum atomic E-state index is -0.171. The third-order valence-corrected chi connectivity index (χ3v) is 3.93. The van der Waals surface area contributed by atoms with Crippen molar-refractivity contribution in [1.29, 1.82) is 0 Å². The second kappa shape index (κ2) is 4.75. The van der Waals surface area contributed by atoms with Crippen LogP contribution in [0.25, 0.3) is 11.1 Å². The number of hydrogen-bond donors (Lipinski definition) is 0. The van der Waals surface area contributed by atoms with Crippen LogP contribution in [0.3, 0.4) is 0 Å². The molecule has 0 unspecified atom stereocenters. The Morgan fingerprint density at radius 1 is 1.15 bits per heavy atom. The van der Waals surface area contributed by atoms with Crippen LogP contribution in [0.15, 0.2) is 36.4 Å². The SMILES string of the molecule is CCc1ccc(-c2ccc3c(c2)N(C)C(=O)C3)cc1F. The van der Waals surface area contributed by atoms with Gasteiger partial charge in [0.25, 0.3) is 0 Å². The van der Waals surface area contributed by atoms with Crippen LogP contribution in [0.5, 0.6) is 0 Å². The number of carbonyl (C=O) groups is 1. The number of nitrogens with zero attached hydrogens (tertiary/aromatic N) is 1. The van der Waals surface area contributed by atoms with Crippen molar-refractivity contribution >= 4 is 11.6 Å². The highest BCUT2D eigenvalue weighted by Crippen LogP contribution is 2.33. The van der Waals surface area contributed by atoms with Crippen LogP contribution < -0.4 is 4.90 Å². The predicted octanol–water partition coefficient (Wildman–Crippen LogP) is 3.57. The molecule has 0 radical (unpaired) electrons. The number of likely N-dealkylation sites (N-methyl/N-ethyl adjacent to an activating group) is 1. The Morgan fingerprint density at radius 3 is 2.55 bits per heavy atom. The molecule has 0 spiro atoms. The average Bonchev–Trinajstić information content (AvgIpc) is 2.74. The van der Waals surface area contributed by atoms with Gasteiger partial charge in [-0.3, -0.25) is 4.79 Å². The van der Waals surface area contributed by atoms with Crippen molar-refractivity contribution in [1.82, 2.24) is 0 Å². The molecule has 0 fully saturated rings. The van der Waals surface area contributed by atoms with Crippen LogP contribution in [0.1, 0.15) is 18.1 Å². The molecule has 0 aromatic heterocycles. The predicted molar refractivity (Wildman–Crippen MR) is 78.3 cm³/mol. The molecule has 3 heteroatoms. The number of carbonyl (C=O) groups excluding carboxylic acids is 1. The summed E-state index contributed by atoms with van der Waals surface area (Å²) >= 11 is 0. The standard InChI is InChI=1S/C17H16FNO/c1-3-11-4-5-12(8-15(11)18)13-6-7-14-10-17(20)19(2)16(14)9-13/h4-9H,3,10H2,1-2H3. The van der Waals surface area contributed by atoms with Gasteiger partial charge in [-0.05, 0) is 40.8 Å². The molecule has 2 aromatic rings. The van der Waals surface area contributed by atoms with Crippen LogP contribution in [-0.2, 0) is 17.6 Å². The molecule has 102 valence electrons. The highest BCUT2D eigenvalue weighted by atomic mass is 19.1. The van der Waals surface area contributed by atoms with E-state index in [1.165, 1.54) is 0 Å². The van der Waals surface area contributed by atoms with E-state index in [0.717, 1.165) is 27.9 Å². The fourth-order valence-corrected chi connectivity index (χ4v) is 2.63. The quantitative estimate of drug-likeness (QED) is 0.816. The highest BCUT2D eigenvalue weighted by Gasteiger charge is 2.24. The molecular weight excluding hydrogens is 253 g/mol. The topological polar surface area (TPSA) is 20.3 Å². The molecule has 1 aliphatic rings. The smallest absolute Gasteiger partial charge is 0.231 e. The fourth-order valence-electron chi connectivity index (χ4n) is 2.63. The Hall–Kier alpha value is -2.16. The molecule has 0 bridgehead atoms. The second-order valence-corrected chi connectivity index (χ2v) is 5.13. The third-order valence-electron chi connectivity index (χ3n) is 3.93. The Kier molecular flexibility index (Phi) is 3.05. The van der Waals surface area contributed by atoms with Gasteiger partial charge in [-0.15, -0.1) is 0 Å². The van der Waals surface area contributed by atoms with Gasteiger partial charge in [0.05, 0.1) is 6.42 Å². The minimum absolute atomic E-state index is 0.102. The molecule has 0 saturated heterocycles. The summed E-state index contributed by atoms with van der Waals surface area (Å²) in [6, 6.07) is 11.2. The van der Waals surface area contributed by atoms with E-state index in [2.05, 4.69) is 0 Å². The molecule has 0 saturated carbocycles. The van der Waals surface area contributed by atoms with Crippen molar-refractivity contribution in [3.63, 3.8) is 0 Å². The first-order valence-corrected chi connectivity index (χ1v) is 6.78. The number of benzene rings is 2. The summed E-state index contributed by atoms with van der Waals surface area (Å²) in [6.45, 7) is 1.94. The van der Waals surface area contributed by atoms with Gasteiger partial charge in [-0.2, -0.15) is 0 Å². The summed E-state index contributed by atoms with van der Waals surface area (Å²) in [5.74, 6) is -0.0698. The maximum Gasteiger partial charge on any atom is 0.231 e. The van der Waals surface area contributed by atoms with Crippen molar-refractivity contribution in [2.75, 3.05) is 11.9 Å². The summed E-state index contributed by atoms with van der Waals surface area (Å²) in [5.41, 5.74) is 4.46. The molecule has 3 rings (SSSR count). The zero-order valence-electron chi connectivity index (χ0n) is 11.6. The first kappa shape index (κ1) is 12.9. The summed E-state index contributed by atoms with van der Waals surface area (Å²) < 4.78 is 13.9. The third kappa shape index (κ3) is 1.99. The zero-order valence-corrected chi connectivity index (χ0v) is 11.6. The molecule has 1 heterocycles. The highest BCUT2D eigenvalue weighted by molar-refractivity contribution is 6.01. The van der Waals surface area contributed by atoms with E-state index < -0.39 is 0 Å². The molecule has 20 heavy (non-hydrogen) atoms. The second-order valence-electron chi connectivity index (χ2n) is 5.13. The Morgan fingerprint density at radius 2 is 1.85 bits per heavy atom. The Bertz CT molecular complexity index is 693. The molecule has 2 aromatic carbocycles. The lowest BCUT2D eigenvalue weighted by atomic mass is 10.0. The van der Waals surface area contributed by atoms with Crippen molar-refractivity contribution < 1.29 is 9.18 Å². The lowest BCUT2D eigenvalue weighted by Crippen LogP contribution is -2.20. The van der Waals surface area contributed by atoms with E-state index >= 15 is 0 Å². The molecule has 0 aliphatic carbocycles. The van der Waals surface area contributed by atoms with Gasteiger partial charge < -0.3 is 4.90 Å². The molecule has 1 amide bonds. The van der Waals surface area contributed by atoms with Crippen LogP contribution in [0.2, 0.25) is 0 Å². The van der Waals surface area contributed by atoms with Crippen molar-refractivity contribution in [3.05, 3.63) is 53.3 Å². The van der Waals surface area contributed by atoms with E-state index in [-0.39, 0.29) is 11.7 Å². The number of fused-ring (bicyclic) bond motifs is 1. The number of anilines is 1. The van der Waals surface area contributed by atoms with E-state index in [9.17, 15) is 9.18 Å². The molecule has 0 atom stereocenters. The summed E-state index contributed by atoms with van der Waals surface area (Å²) in [6.07, 6.45) is 1.14. The zero-order chi connectivity index (χ0) is 14.3. The van der Waals surface area contributed by atoms with E-state index in [1.54, 1.807) is 18.0 Å². The number of halogens is 1. The maximum atomic E-state index is 13.9. The molecule has 1 aliphatic heterocycles. The average molecular weight is 269 g/mol. The Balaban J connectivity index is 2.04. The lowest BCUT2D eigenvalue weighted by Gasteiger charge is -2.12. The van der Waals surface area contributed by atoms with Crippen LogP contribution in [0.4, 0.5) is 10.1 Å². The van der Waals surface area contributed by atoms with E-state index in [1.807, 2.05) is 37.3 Å². The van der Waals surface area contributed by atoms with Gasteiger partial charge in [0, 0.05) is 12.7 Å². The van der Waals surface area contributed by atoms with E-state index in [4.69, 9.17) is 0 Å². The maximum absolute atomic E-state index is 13.9. The number of hydrogen-bond acceptors (Lipinski definition) is 1. The van der Waals surface area contributed by atoms with Crippen LogP contribution >= 0.6 is 0 Å². The van der Waals surface area contributed by atoms with Gasteiger partial charge in [-0.25, -0.2) is 4.39 Å². The molecular formula is C17H16FNO. The van der Waals surface area contributed by atoms with Gasteiger partial charge in [0.1, 0.15) is 5.82 Å². The van der Waals surface area contributed by atoms with Crippen LogP contribution in [-0.4, -0.2) is 13.0 Å². The number of aryl methyl sites for hydroxylation is 1. The van der Waals surface area contributed by atoms with Gasteiger partial charge in [0.2, 0.25) is 5.91 Å². The molecule has 0 N–H and O–H groups in total. The minimum Gasteiger partial charge on any atom is -0.315 e.